The van der Waals surface area contributed by atoms with Crippen molar-refractivity contribution in [3.8, 4) is 90.2 Å². The zero-order valence-corrected chi connectivity index (χ0v) is 58.6. The molecule has 2 aliphatic carbocycles. The van der Waals surface area contributed by atoms with E-state index in [2.05, 4.69) is 355 Å². The third-order valence-corrected chi connectivity index (χ3v) is 25.2. The van der Waals surface area contributed by atoms with Crippen molar-refractivity contribution in [2.75, 3.05) is 0 Å². The number of fused-ring (bicyclic) bond motifs is 25. The standard InChI is InChI=1S/C98H58N6S2/c1-3-23-62(24-4-1)84-58-93(101-95(99-84)64-25-5-2-6-26-64)103-86-52-51-65(53-72(86)74-55-92-81(56-87(74)103)97(79-37-17-22-42-90(79)106-92)75-33-13-7-27-66(75)67-28-8-14-34-76(67)97)61-45-43-59(44-46-61)60-47-49-63(50-48-60)94-71-32-11-19-39-83(71)100-96(102-94)104-85-40-20-12-31-70(85)73-54-91-82(57-88(73)104)98(80-38-18-21-41-89(80)105-91)77-35-15-9-29-68(77)69-30-10-16-36-78(69)98/h1-58H. The second-order valence-electron chi connectivity index (χ2n) is 28.2. The molecule has 6 nitrogen and oxygen atoms in total. The van der Waals surface area contributed by atoms with Crippen molar-refractivity contribution in [3.63, 3.8) is 0 Å². The molecule has 0 fully saturated rings. The van der Waals surface area contributed by atoms with Gasteiger partial charge in [0, 0.05) is 69.3 Å². The maximum atomic E-state index is 5.66. The van der Waals surface area contributed by atoms with E-state index in [0.717, 1.165) is 105 Å². The van der Waals surface area contributed by atoms with Crippen molar-refractivity contribution in [1.29, 1.82) is 0 Å². The first kappa shape index (κ1) is 59.5. The molecule has 0 atom stereocenters. The molecule has 0 amide bonds. The maximum absolute atomic E-state index is 5.66. The number of hydrogen-bond donors (Lipinski definition) is 0. The molecule has 8 heteroatoms. The smallest absolute Gasteiger partial charge is 0.235 e. The first-order valence-electron chi connectivity index (χ1n) is 36.2. The lowest BCUT2D eigenvalue weighted by Gasteiger charge is -2.39. The number of rotatable bonds is 7. The molecule has 4 aliphatic rings. The lowest BCUT2D eigenvalue weighted by Crippen LogP contribution is -2.32. The monoisotopic (exact) mass is 1380 g/mol. The van der Waals surface area contributed by atoms with Gasteiger partial charge in [0.25, 0.3) is 0 Å². The lowest BCUT2D eigenvalue weighted by molar-refractivity contribution is 0.723. The molecule has 6 heterocycles. The van der Waals surface area contributed by atoms with Crippen LogP contribution in [0.25, 0.3) is 145 Å². The van der Waals surface area contributed by atoms with E-state index in [0.29, 0.717) is 11.8 Å². The van der Waals surface area contributed by atoms with Crippen molar-refractivity contribution < 1.29 is 0 Å². The van der Waals surface area contributed by atoms with Gasteiger partial charge in [0.1, 0.15) is 5.82 Å². The van der Waals surface area contributed by atoms with Crippen LogP contribution in [0, 0.1) is 0 Å². The highest BCUT2D eigenvalue weighted by Gasteiger charge is 2.52. The molecule has 2 aliphatic heterocycles. The Hall–Kier alpha value is -13.0. The quantitative estimate of drug-likeness (QED) is 0.158. The van der Waals surface area contributed by atoms with Gasteiger partial charge >= 0.3 is 0 Å². The summed E-state index contributed by atoms with van der Waals surface area (Å²) in [6.45, 7) is 0. The molecule has 19 aromatic rings. The van der Waals surface area contributed by atoms with E-state index < -0.39 is 10.8 Å². The minimum absolute atomic E-state index is 0.533. The van der Waals surface area contributed by atoms with Gasteiger partial charge in [0.2, 0.25) is 5.95 Å². The van der Waals surface area contributed by atoms with E-state index in [4.69, 9.17) is 19.9 Å². The van der Waals surface area contributed by atoms with Crippen LogP contribution in [0.3, 0.4) is 0 Å². The second kappa shape index (κ2) is 22.8. The summed E-state index contributed by atoms with van der Waals surface area (Å²) in [6, 6.07) is 129. The summed E-state index contributed by atoms with van der Waals surface area (Å²) in [4.78, 5) is 27.0. The minimum atomic E-state index is -0.566. The first-order valence-corrected chi connectivity index (χ1v) is 37.8. The van der Waals surface area contributed by atoms with Gasteiger partial charge in [-0.1, -0.05) is 309 Å². The Morgan fingerprint density at radius 1 is 0.236 bits per heavy atom. The van der Waals surface area contributed by atoms with Crippen molar-refractivity contribution in [1.82, 2.24) is 29.1 Å². The zero-order chi connectivity index (χ0) is 69.3. The predicted octanol–water partition coefficient (Wildman–Crippen LogP) is 24.6. The third-order valence-electron chi connectivity index (χ3n) is 22.9. The average Bonchev–Trinajstić information content (AvgIpc) is 1.55. The Kier molecular flexibility index (Phi) is 12.8. The van der Waals surface area contributed by atoms with Crippen molar-refractivity contribution in [3.05, 3.63) is 396 Å². The third kappa shape index (κ3) is 8.42. The number of aromatic nitrogens is 6. The van der Waals surface area contributed by atoms with E-state index in [1.54, 1.807) is 0 Å². The summed E-state index contributed by atoms with van der Waals surface area (Å²) in [5, 5.41) is 5.64. The van der Waals surface area contributed by atoms with Crippen LogP contribution >= 0.6 is 23.5 Å². The van der Waals surface area contributed by atoms with Gasteiger partial charge in [0.05, 0.1) is 49.8 Å². The van der Waals surface area contributed by atoms with Gasteiger partial charge in [-0.3, -0.25) is 9.13 Å². The molecule has 106 heavy (non-hydrogen) atoms. The minimum Gasteiger partial charge on any atom is -0.294 e. The Bertz CT molecular complexity index is 6810. The van der Waals surface area contributed by atoms with Gasteiger partial charge in [-0.2, -0.15) is 0 Å². The number of benzene rings is 15. The van der Waals surface area contributed by atoms with E-state index in [1.165, 1.54) is 91.7 Å². The Labute approximate surface area is 619 Å². The molecule has 0 N–H and O–H groups in total. The van der Waals surface area contributed by atoms with Crippen LogP contribution in [-0.4, -0.2) is 29.1 Å². The Morgan fingerprint density at radius 3 is 1.24 bits per heavy atom. The summed E-state index contributed by atoms with van der Waals surface area (Å²) >= 11 is 3.76. The van der Waals surface area contributed by atoms with Gasteiger partial charge in [-0.15, -0.1) is 0 Å². The van der Waals surface area contributed by atoms with Gasteiger partial charge in [-0.05, 0) is 150 Å². The zero-order valence-electron chi connectivity index (χ0n) is 57.0. The summed E-state index contributed by atoms with van der Waals surface area (Å²) in [5.41, 5.74) is 28.8. The summed E-state index contributed by atoms with van der Waals surface area (Å²) in [7, 11) is 0. The van der Waals surface area contributed by atoms with Crippen LogP contribution in [-0.2, 0) is 10.8 Å². The van der Waals surface area contributed by atoms with Gasteiger partial charge < -0.3 is 0 Å². The normalized spacial score (nSPS) is 13.7. The molecule has 0 unspecified atom stereocenters. The van der Waals surface area contributed by atoms with Crippen LogP contribution in [0.2, 0.25) is 0 Å². The predicted molar refractivity (Wildman–Crippen MR) is 434 cm³/mol. The topological polar surface area (TPSA) is 61.4 Å². The van der Waals surface area contributed by atoms with Crippen LogP contribution < -0.4 is 0 Å². The molecule has 0 radical (unpaired) electrons. The molecular formula is C98H58N6S2. The van der Waals surface area contributed by atoms with E-state index in [1.807, 2.05) is 29.6 Å². The maximum Gasteiger partial charge on any atom is 0.235 e. The van der Waals surface area contributed by atoms with Crippen molar-refractivity contribution >= 4 is 78.0 Å². The number of nitrogens with zero attached hydrogens (tertiary/aromatic N) is 6. The van der Waals surface area contributed by atoms with E-state index in [-0.39, 0.29) is 0 Å². The Balaban J connectivity index is 0.647. The largest absolute Gasteiger partial charge is 0.294 e. The lowest BCUT2D eigenvalue weighted by atomic mass is 9.67. The van der Waals surface area contributed by atoms with Crippen molar-refractivity contribution in [2.45, 2.75) is 30.4 Å². The molecule has 15 aromatic carbocycles. The van der Waals surface area contributed by atoms with E-state index in [9.17, 15) is 0 Å². The number of para-hydroxylation sites is 2. The summed E-state index contributed by atoms with van der Waals surface area (Å²) < 4.78 is 4.71. The second-order valence-corrected chi connectivity index (χ2v) is 30.4. The van der Waals surface area contributed by atoms with Crippen molar-refractivity contribution in [2.24, 2.45) is 0 Å². The highest BCUT2D eigenvalue weighted by Crippen LogP contribution is 2.65. The molecule has 23 rings (SSSR count). The fourth-order valence-electron chi connectivity index (χ4n) is 18.4. The average molecular weight is 1380 g/mol. The van der Waals surface area contributed by atoms with Crippen LogP contribution in [0.1, 0.15) is 44.5 Å². The fraction of sp³-hybridized carbons (Fsp3) is 0.0204. The Morgan fingerprint density at radius 2 is 0.660 bits per heavy atom. The van der Waals surface area contributed by atoms with Crippen LogP contribution in [0.15, 0.2) is 371 Å². The first-order chi connectivity index (χ1) is 52.5. The van der Waals surface area contributed by atoms with Crippen LogP contribution in [0.5, 0.6) is 0 Å². The van der Waals surface area contributed by atoms with Gasteiger partial charge in [-0.25, -0.2) is 19.9 Å². The van der Waals surface area contributed by atoms with E-state index >= 15 is 0 Å². The molecule has 492 valence electrons. The molecule has 2 spiro atoms. The highest BCUT2D eigenvalue weighted by atomic mass is 32.2. The fourth-order valence-corrected chi connectivity index (χ4v) is 20.8. The number of hydrogen-bond acceptors (Lipinski definition) is 6. The molecular weight excluding hydrogens is 1330 g/mol. The van der Waals surface area contributed by atoms with Crippen LogP contribution in [0.4, 0.5) is 0 Å². The molecule has 0 saturated carbocycles. The highest BCUT2D eigenvalue weighted by molar-refractivity contribution is 7.99. The molecule has 0 bridgehead atoms. The SMILES string of the molecule is c1ccc(-c2cc(-n3c4ccc(-c5ccc(-c6ccc(-c7nc(-n8c9ccccc9c9cc%10c(cc98)C8(c9ccccc9S%10)c9ccccc9-c9ccccc98)nc8ccccc78)cc6)cc5)cc4c4cc5c(cc43)C3(c4ccccc4S5)c4ccccc4-c4ccccc43)nc(-c3ccccc3)n2)cc1. The summed E-state index contributed by atoms with van der Waals surface area (Å²) in [5.74, 6) is 2.11. The van der Waals surface area contributed by atoms with Gasteiger partial charge in [0.15, 0.2) is 5.82 Å². The molecule has 4 aromatic heterocycles. The summed E-state index contributed by atoms with van der Waals surface area (Å²) in [6.07, 6.45) is 0. The molecule has 0 saturated heterocycles.